The summed E-state index contributed by atoms with van der Waals surface area (Å²) >= 11 is 1.17. The number of carbonyl (C=O) groups is 2. The lowest BCUT2D eigenvalue weighted by atomic mass is 10.0. The maximum atomic E-state index is 12.8. The number of esters is 1. The molecule has 1 amide bonds. The molecule has 1 aromatic heterocycles. The van der Waals surface area contributed by atoms with Crippen LogP contribution in [0.3, 0.4) is 0 Å². The zero-order valence-electron chi connectivity index (χ0n) is 24.4. The Morgan fingerprint density at radius 1 is 0.977 bits per heavy atom. The van der Waals surface area contributed by atoms with Gasteiger partial charge in [-0.15, -0.1) is 0 Å². The largest absolute Gasteiger partial charge is 0.492 e. The normalized spacial score (nSPS) is 12.0. The number of oxime groups is 1. The molecule has 1 atom stereocenters. The standard InChI is InChI=1S/C32H35N3O7S/c1-4-5-18-42-31(37)33-26(30(36)39-2)20-22-11-14-25(15-12-22)41-19-17-35-27-16-13-24(21-28(27)43-32(35)38)29(34-40-3)23-9-7-6-8-10-23/h6-16,21,26H,4-5,17-20H2,1-3H3,(H,33,37)/b34-29+. The predicted octanol–water partition coefficient (Wildman–Crippen LogP) is 5.15. The zero-order valence-corrected chi connectivity index (χ0v) is 25.2. The third-order valence-corrected chi connectivity index (χ3v) is 7.57. The highest BCUT2D eigenvalue weighted by Gasteiger charge is 2.23. The summed E-state index contributed by atoms with van der Waals surface area (Å²) in [4.78, 5) is 42.1. The second-order valence-corrected chi connectivity index (χ2v) is 10.6. The lowest BCUT2D eigenvalue weighted by molar-refractivity contribution is -0.143. The van der Waals surface area contributed by atoms with Crippen molar-refractivity contribution < 1.29 is 28.6 Å². The van der Waals surface area contributed by atoms with Crippen molar-refractivity contribution in [2.24, 2.45) is 5.16 Å². The lowest BCUT2D eigenvalue weighted by Crippen LogP contribution is -2.43. The second-order valence-electron chi connectivity index (χ2n) is 9.60. The van der Waals surface area contributed by atoms with Crippen molar-refractivity contribution in [1.82, 2.24) is 9.88 Å². The number of ether oxygens (including phenoxy) is 3. The van der Waals surface area contributed by atoms with Gasteiger partial charge >= 0.3 is 16.9 Å². The number of methoxy groups -OCH3 is 1. The van der Waals surface area contributed by atoms with E-state index in [-0.39, 0.29) is 24.5 Å². The number of rotatable bonds is 14. The van der Waals surface area contributed by atoms with Crippen molar-refractivity contribution in [3.8, 4) is 5.75 Å². The van der Waals surface area contributed by atoms with Crippen LogP contribution in [-0.2, 0) is 32.1 Å². The van der Waals surface area contributed by atoms with E-state index in [1.165, 1.54) is 25.6 Å². The van der Waals surface area contributed by atoms with Gasteiger partial charge in [-0.3, -0.25) is 9.36 Å². The number of nitrogens with one attached hydrogen (secondary N) is 1. The Morgan fingerprint density at radius 2 is 1.74 bits per heavy atom. The smallest absolute Gasteiger partial charge is 0.407 e. The van der Waals surface area contributed by atoms with Gasteiger partial charge in [0.2, 0.25) is 0 Å². The van der Waals surface area contributed by atoms with E-state index in [0.29, 0.717) is 18.0 Å². The fourth-order valence-corrected chi connectivity index (χ4v) is 5.38. The number of nitrogens with zero attached hydrogens (tertiary/aromatic N) is 2. The Morgan fingerprint density at radius 3 is 2.44 bits per heavy atom. The summed E-state index contributed by atoms with van der Waals surface area (Å²) in [5.74, 6) is 0.0547. The van der Waals surface area contributed by atoms with Gasteiger partial charge in [-0.1, -0.05) is 78.4 Å². The van der Waals surface area contributed by atoms with Crippen molar-refractivity contribution in [3.63, 3.8) is 0 Å². The van der Waals surface area contributed by atoms with E-state index in [2.05, 4.69) is 10.5 Å². The molecule has 0 saturated carbocycles. The van der Waals surface area contributed by atoms with Crippen LogP contribution in [0.15, 0.2) is 82.7 Å². The third kappa shape index (κ3) is 8.45. The summed E-state index contributed by atoms with van der Waals surface area (Å²) < 4.78 is 18.4. The van der Waals surface area contributed by atoms with E-state index in [4.69, 9.17) is 19.0 Å². The number of carbonyl (C=O) groups excluding carboxylic acids is 2. The predicted molar refractivity (Wildman–Crippen MR) is 166 cm³/mol. The highest BCUT2D eigenvalue weighted by molar-refractivity contribution is 7.16. The summed E-state index contributed by atoms with van der Waals surface area (Å²) in [7, 11) is 2.78. The SMILES string of the molecule is CCCCOC(=O)NC(Cc1ccc(OCCn2c(=O)sc3cc(/C(=N/OC)c4ccccc4)ccc32)cc1)C(=O)OC. The number of thiazole rings is 1. The Balaban J connectivity index is 1.37. The fraction of sp³-hybridized carbons (Fsp3) is 0.312. The Kier molecular flexibility index (Phi) is 11.3. The average molecular weight is 606 g/mol. The molecule has 0 radical (unpaired) electrons. The molecule has 3 aromatic carbocycles. The van der Waals surface area contributed by atoms with Crippen LogP contribution in [0.2, 0.25) is 0 Å². The van der Waals surface area contributed by atoms with Gasteiger partial charge in [0, 0.05) is 17.5 Å². The van der Waals surface area contributed by atoms with Crippen molar-refractivity contribution in [3.05, 3.63) is 99.2 Å². The molecule has 4 aromatic rings. The van der Waals surface area contributed by atoms with Gasteiger partial charge in [-0.05, 0) is 36.2 Å². The number of hydrogen-bond donors (Lipinski definition) is 1. The molecule has 0 bridgehead atoms. The number of benzene rings is 3. The first-order chi connectivity index (χ1) is 20.9. The Hall–Kier alpha value is -4.64. The van der Waals surface area contributed by atoms with Crippen LogP contribution in [0.25, 0.3) is 10.2 Å². The van der Waals surface area contributed by atoms with Crippen LogP contribution in [0.5, 0.6) is 5.75 Å². The minimum Gasteiger partial charge on any atom is -0.492 e. The van der Waals surface area contributed by atoms with Crippen LogP contribution in [0.4, 0.5) is 4.79 Å². The van der Waals surface area contributed by atoms with Crippen molar-refractivity contribution in [2.75, 3.05) is 27.4 Å². The van der Waals surface area contributed by atoms with E-state index >= 15 is 0 Å². The number of fused-ring (bicyclic) bond motifs is 1. The first kappa shape index (κ1) is 31.3. The fourth-order valence-electron chi connectivity index (χ4n) is 4.43. The molecular formula is C32H35N3O7S. The van der Waals surface area contributed by atoms with Gasteiger partial charge in [-0.2, -0.15) is 0 Å². The molecule has 0 aliphatic carbocycles. The van der Waals surface area contributed by atoms with Gasteiger partial charge < -0.3 is 24.4 Å². The van der Waals surface area contributed by atoms with Gasteiger partial charge in [0.05, 0.1) is 30.5 Å². The van der Waals surface area contributed by atoms with Crippen LogP contribution in [0.1, 0.15) is 36.5 Å². The zero-order chi connectivity index (χ0) is 30.6. The molecule has 4 rings (SSSR count). The number of hydrogen-bond acceptors (Lipinski definition) is 9. The van der Waals surface area contributed by atoms with Crippen LogP contribution >= 0.6 is 11.3 Å². The van der Waals surface area contributed by atoms with E-state index < -0.39 is 18.1 Å². The van der Waals surface area contributed by atoms with Crippen molar-refractivity contribution in [1.29, 1.82) is 0 Å². The first-order valence-electron chi connectivity index (χ1n) is 14.0. The quantitative estimate of drug-likeness (QED) is 0.0914. The highest BCUT2D eigenvalue weighted by Crippen LogP contribution is 2.22. The molecule has 11 heteroatoms. The van der Waals surface area contributed by atoms with Crippen LogP contribution < -0.4 is 14.9 Å². The van der Waals surface area contributed by atoms with E-state index in [1.807, 2.05) is 67.6 Å². The Bertz CT molecular complexity index is 1600. The van der Waals surface area contributed by atoms with Crippen molar-refractivity contribution >= 4 is 39.3 Å². The molecular weight excluding hydrogens is 570 g/mol. The summed E-state index contributed by atoms with van der Waals surface area (Å²) in [6.07, 6.45) is 1.21. The first-order valence-corrected chi connectivity index (χ1v) is 14.8. The topological polar surface area (TPSA) is 117 Å². The maximum absolute atomic E-state index is 12.8. The minimum atomic E-state index is -0.880. The molecule has 1 unspecified atom stereocenters. The number of amides is 1. The molecule has 43 heavy (non-hydrogen) atoms. The third-order valence-electron chi connectivity index (χ3n) is 6.63. The van der Waals surface area contributed by atoms with Crippen LogP contribution in [-0.4, -0.2) is 55.8 Å². The summed E-state index contributed by atoms with van der Waals surface area (Å²) in [6, 6.07) is 21.8. The van der Waals surface area contributed by atoms with Gasteiger partial charge in [0.15, 0.2) is 0 Å². The minimum absolute atomic E-state index is 0.0781. The second kappa shape index (κ2) is 15.5. The number of aromatic nitrogens is 1. The molecule has 1 N–H and O–H groups in total. The summed E-state index contributed by atoms with van der Waals surface area (Å²) in [5.41, 5.74) is 4.07. The van der Waals surface area contributed by atoms with E-state index in [9.17, 15) is 14.4 Å². The van der Waals surface area contributed by atoms with Gasteiger partial charge in [0.25, 0.3) is 0 Å². The summed E-state index contributed by atoms with van der Waals surface area (Å²) in [5, 5.41) is 6.79. The molecule has 10 nitrogen and oxygen atoms in total. The maximum Gasteiger partial charge on any atom is 0.407 e. The molecule has 226 valence electrons. The van der Waals surface area contributed by atoms with Crippen LogP contribution in [0, 0.1) is 0 Å². The van der Waals surface area contributed by atoms with Gasteiger partial charge in [-0.25, -0.2) is 9.59 Å². The summed E-state index contributed by atoms with van der Waals surface area (Å²) in [6.45, 7) is 2.93. The molecule has 0 fully saturated rings. The van der Waals surface area contributed by atoms with Gasteiger partial charge in [0.1, 0.15) is 31.2 Å². The molecule has 0 spiro atoms. The number of unbranched alkanes of at least 4 members (excludes halogenated alkanes) is 1. The average Bonchev–Trinajstić information content (AvgIpc) is 3.34. The Labute approximate surface area is 253 Å². The van der Waals surface area contributed by atoms with Crippen molar-refractivity contribution in [2.45, 2.75) is 38.8 Å². The van der Waals surface area contributed by atoms with E-state index in [0.717, 1.165) is 39.7 Å². The van der Waals surface area contributed by atoms with E-state index in [1.54, 1.807) is 16.7 Å². The lowest BCUT2D eigenvalue weighted by Gasteiger charge is -2.17. The highest BCUT2D eigenvalue weighted by atomic mass is 32.1. The molecule has 0 aliphatic rings. The molecule has 0 aliphatic heterocycles. The number of alkyl carbamates (subject to hydrolysis) is 1. The monoisotopic (exact) mass is 605 g/mol. The molecule has 0 saturated heterocycles. The molecule has 1 heterocycles.